The number of hydrogen-bond donors (Lipinski definition) is 0. The Hall–Kier alpha value is -2.53. The summed E-state index contributed by atoms with van der Waals surface area (Å²) >= 11 is 1.44. The highest BCUT2D eigenvalue weighted by atomic mass is 32.1. The summed E-state index contributed by atoms with van der Waals surface area (Å²) in [5.74, 6) is -0.386. The van der Waals surface area contributed by atoms with E-state index in [0.717, 1.165) is 16.1 Å². The van der Waals surface area contributed by atoms with Crippen molar-refractivity contribution in [3.05, 3.63) is 70.9 Å². The van der Waals surface area contributed by atoms with Crippen LogP contribution >= 0.6 is 11.3 Å². The molecule has 116 valence electrons. The van der Waals surface area contributed by atoms with Gasteiger partial charge in [-0.25, -0.2) is 9.37 Å². The third-order valence-corrected chi connectivity index (χ3v) is 4.56. The number of aromatic nitrogens is 1. The van der Waals surface area contributed by atoms with Crippen LogP contribution in [0.15, 0.2) is 54.6 Å². The summed E-state index contributed by atoms with van der Waals surface area (Å²) in [7, 11) is 1.71. The average Bonchev–Trinajstić information content (AvgIpc) is 2.97. The molecule has 5 heteroatoms. The molecule has 0 aliphatic carbocycles. The molecule has 0 bridgehead atoms. The SMILES string of the molecule is Cc1sc(N(C)C(=O)c2ccccc2)nc1-c1ccc(F)cc1. The number of anilines is 1. The number of amides is 1. The van der Waals surface area contributed by atoms with Gasteiger partial charge in [-0.3, -0.25) is 9.69 Å². The molecule has 0 saturated carbocycles. The number of nitrogens with zero attached hydrogens (tertiary/aromatic N) is 2. The second-order valence-corrected chi connectivity index (χ2v) is 6.32. The van der Waals surface area contributed by atoms with E-state index < -0.39 is 0 Å². The number of carbonyl (C=O) groups excluding carboxylic acids is 1. The molecule has 0 saturated heterocycles. The first kappa shape index (κ1) is 15.4. The molecule has 23 heavy (non-hydrogen) atoms. The van der Waals surface area contributed by atoms with Gasteiger partial charge < -0.3 is 0 Å². The lowest BCUT2D eigenvalue weighted by Gasteiger charge is -2.13. The Labute approximate surface area is 138 Å². The number of aryl methyl sites for hydroxylation is 1. The Kier molecular flexibility index (Phi) is 4.21. The maximum atomic E-state index is 13.1. The third kappa shape index (κ3) is 3.14. The Balaban J connectivity index is 1.91. The van der Waals surface area contributed by atoms with Gasteiger partial charge in [0, 0.05) is 23.1 Å². The van der Waals surface area contributed by atoms with Crippen molar-refractivity contribution in [1.29, 1.82) is 0 Å². The third-order valence-electron chi connectivity index (χ3n) is 3.52. The largest absolute Gasteiger partial charge is 0.287 e. The zero-order chi connectivity index (χ0) is 16.4. The van der Waals surface area contributed by atoms with Crippen LogP contribution in [0.2, 0.25) is 0 Å². The van der Waals surface area contributed by atoms with Crippen LogP contribution in [0, 0.1) is 12.7 Å². The zero-order valence-corrected chi connectivity index (χ0v) is 13.6. The zero-order valence-electron chi connectivity index (χ0n) is 12.8. The van der Waals surface area contributed by atoms with Crippen molar-refractivity contribution in [1.82, 2.24) is 4.98 Å². The summed E-state index contributed by atoms with van der Waals surface area (Å²) in [5.41, 5.74) is 2.23. The number of hydrogen-bond acceptors (Lipinski definition) is 3. The number of benzene rings is 2. The van der Waals surface area contributed by atoms with Crippen LogP contribution in [0.3, 0.4) is 0 Å². The molecule has 2 aromatic carbocycles. The highest BCUT2D eigenvalue weighted by Crippen LogP contribution is 2.32. The molecule has 0 spiro atoms. The smallest absolute Gasteiger partial charge is 0.259 e. The Morgan fingerprint density at radius 1 is 1.09 bits per heavy atom. The molecule has 0 atom stereocenters. The van der Waals surface area contributed by atoms with Gasteiger partial charge in [0.2, 0.25) is 0 Å². The first-order valence-corrected chi connectivity index (χ1v) is 7.94. The molecule has 3 aromatic rings. The molecular weight excluding hydrogens is 311 g/mol. The van der Waals surface area contributed by atoms with Gasteiger partial charge in [0.05, 0.1) is 5.69 Å². The highest BCUT2D eigenvalue weighted by Gasteiger charge is 2.18. The molecule has 0 unspecified atom stereocenters. The lowest BCUT2D eigenvalue weighted by atomic mass is 10.1. The average molecular weight is 326 g/mol. The number of halogens is 1. The Bertz CT molecular complexity index is 828. The van der Waals surface area contributed by atoms with Gasteiger partial charge in [-0.1, -0.05) is 18.2 Å². The first-order chi connectivity index (χ1) is 11.1. The lowest BCUT2D eigenvalue weighted by Crippen LogP contribution is -2.25. The molecule has 0 aliphatic heterocycles. The number of carbonyl (C=O) groups is 1. The molecule has 0 fully saturated rings. The fourth-order valence-corrected chi connectivity index (χ4v) is 3.15. The van der Waals surface area contributed by atoms with E-state index >= 15 is 0 Å². The monoisotopic (exact) mass is 326 g/mol. The molecule has 3 nitrogen and oxygen atoms in total. The van der Waals surface area contributed by atoms with Gasteiger partial charge in [0.25, 0.3) is 5.91 Å². The minimum Gasteiger partial charge on any atom is -0.287 e. The van der Waals surface area contributed by atoms with Crippen molar-refractivity contribution in [3.8, 4) is 11.3 Å². The number of thiazole rings is 1. The van der Waals surface area contributed by atoms with Gasteiger partial charge in [0.15, 0.2) is 5.13 Å². The molecule has 1 heterocycles. The molecule has 1 aromatic heterocycles. The quantitative estimate of drug-likeness (QED) is 0.708. The fraction of sp³-hybridized carbons (Fsp3) is 0.111. The van der Waals surface area contributed by atoms with E-state index in [1.54, 1.807) is 36.2 Å². The highest BCUT2D eigenvalue weighted by molar-refractivity contribution is 7.16. The predicted octanol–water partition coefficient (Wildman–Crippen LogP) is 4.53. The maximum Gasteiger partial charge on any atom is 0.259 e. The van der Waals surface area contributed by atoms with Crippen molar-refractivity contribution < 1.29 is 9.18 Å². The number of rotatable bonds is 3. The Morgan fingerprint density at radius 3 is 2.39 bits per heavy atom. The van der Waals surface area contributed by atoms with Crippen LogP contribution in [0.1, 0.15) is 15.2 Å². The summed E-state index contributed by atoms with van der Waals surface area (Å²) in [6, 6.07) is 15.3. The summed E-state index contributed by atoms with van der Waals surface area (Å²) in [4.78, 5) is 19.6. The standard InChI is InChI=1S/C18H15FN2OS/c1-12-16(13-8-10-15(19)11-9-13)20-18(23-12)21(2)17(22)14-6-4-3-5-7-14/h3-11H,1-2H3. The second kappa shape index (κ2) is 6.30. The van der Waals surface area contributed by atoms with Crippen molar-refractivity contribution in [2.75, 3.05) is 11.9 Å². The maximum absolute atomic E-state index is 13.1. The van der Waals surface area contributed by atoms with E-state index in [-0.39, 0.29) is 11.7 Å². The molecule has 0 aliphatic rings. The Morgan fingerprint density at radius 2 is 1.74 bits per heavy atom. The van der Waals surface area contributed by atoms with E-state index in [9.17, 15) is 9.18 Å². The van der Waals surface area contributed by atoms with Gasteiger partial charge in [-0.05, 0) is 43.3 Å². The molecule has 3 rings (SSSR count). The van der Waals surface area contributed by atoms with Gasteiger partial charge in [0.1, 0.15) is 5.82 Å². The van der Waals surface area contributed by atoms with E-state index in [4.69, 9.17) is 0 Å². The van der Waals surface area contributed by atoms with Gasteiger partial charge >= 0.3 is 0 Å². The van der Waals surface area contributed by atoms with Crippen LogP contribution in [0.5, 0.6) is 0 Å². The van der Waals surface area contributed by atoms with Gasteiger partial charge in [-0.2, -0.15) is 0 Å². The van der Waals surface area contributed by atoms with Crippen LogP contribution in [0.25, 0.3) is 11.3 Å². The normalized spacial score (nSPS) is 10.6. The predicted molar refractivity (Wildman–Crippen MR) is 91.4 cm³/mol. The lowest BCUT2D eigenvalue weighted by molar-refractivity contribution is 0.0993. The van der Waals surface area contributed by atoms with Crippen LogP contribution in [-0.4, -0.2) is 17.9 Å². The van der Waals surface area contributed by atoms with E-state index in [1.165, 1.54) is 23.5 Å². The van der Waals surface area contributed by atoms with Crippen LogP contribution in [-0.2, 0) is 0 Å². The van der Waals surface area contributed by atoms with E-state index in [2.05, 4.69) is 4.98 Å². The molecule has 0 N–H and O–H groups in total. The fourth-order valence-electron chi connectivity index (χ4n) is 2.26. The van der Waals surface area contributed by atoms with E-state index in [1.807, 2.05) is 25.1 Å². The van der Waals surface area contributed by atoms with E-state index in [0.29, 0.717) is 10.7 Å². The molecule has 0 radical (unpaired) electrons. The summed E-state index contributed by atoms with van der Waals surface area (Å²) in [5, 5.41) is 0.621. The van der Waals surface area contributed by atoms with Crippen molar-refractivity contribution in [2.24, 2.45) is 0 Å². The summed E-state index contributed by atoms with van der Waals surface area (Å²) < 4.78 is 13.1. The second-order valence-electron chi connectivity index (χ2n) is 5.14. The van der Waals surface area contributed by atoms with Crippen LogP contribution < -0.4 is 4.90 Å². The van der Waals surface area contributed by atoms with Gasteiger partial charge in [-0.15, -0.1) is 11.3 Å². The molecular formula is C18H15FN2OS. The first-order valence-electron chi connectivity index (χ1n) is 7.13. The van der Waals surface area contributed by atoms with Crippen molar-refractivity contribution >= 4 is 22.4 Å². The van der Waals surface area contributed by atoms with Crippen molar-refractivity contribution in [3.63, 3.8) is 0 Å². The summed E-state index contributed by atoms with van der Waals surface area (Å²) in [6.07, 6.45) is 0. The van der Waals surface area contributed by atoms with Crippen LogP contribution in [0.4, 0.5) is 9.52 Å². The minimum atomic E-state index is -0.279. The molecule has 1 amide bonds. The topological polar surface area (TPSA) is 33.2 Å². The van der Waals surface area contributed by atoms with Crippen molar-refractivity contribution in [2.45, 2.75) is 6.92 Å². The minimum absolute atomic E-state index is 0.106. The summed E-state index contributed by atoms with van der Waals surface area (Å²) in [6.45, 7) is 1.95.